The van der Waals surface area contributed by atoms with Crippen LogP contribution in [0.3, 0.4) is 0 Å². The number of halogens is 2. The molecule has 1 unspecified atom stereocenters. The van der Waals surface area contributed by atoms with E-state index in [1.807, 2.05) is 12.1 Å². The summed E-state index contributed by atoms with van der Waals surface area (Å²) in [7, 11) is 0. The minimum atomic E-state index is 0.209. The third kappa shape index (κ3) is 3.61. The van der Waals surface area contributed by atoms with Crippen LogP contribution in [0, 0.1) is 0 Å². The molecule has 112 valence electrons. The molecule has 0 bridgehead atoms. The van der Waals surface area contributed by atoms with Crippen molar-refractivity contribution >= 4 is 34.5 Å². The molecule has 21 heavy (non-hydrogen) atoms. The van der Waals surface area contributed by atoms with Crippen LogP contribution >= 0.6 is 34.5 Å². The minimum absolute atomic E-state index is 0.209. The Hall–Kier alpha value is -0.580. The van der Waals surface area contributed by atoms with Crippen molar-refractivity contribution in [2.45, 2.75) is 12.5 Å². The molecule has 0 amide bonds. The summed E-state index contributed by atoms with van der Waals surface area (Å²) in [6, 6.07) is 8.23. The Balaban J connectivity index is 1.99. The second kappa shape index (κ2) is 7.12. The van der Waals surface area contributed by atoms with Crippen molar-refractivity contribution in [1.29, 1.82) is 0 Å². The molecule has 1 aromatic heterocycles. The van der Waals surface area contributed by atoms with E-state index in [4.69, 9.17) is 23.2 Å². The number of rotatable bonds is 3. The smallest absolute Gasteiger partial charge is 0.0625 e. The SMILES string of the molecule is Clc1ccc(C(c2ccsc2)N2CCCNCC2)c(Cl)c1. The molecule has 2 aromatic rings. The summed E-state index contributed by atoms with van der Waals surface area (Å²) in [5.74, 6) is 0. The van der Waals surface area contributed by atoms with E-state index in [1.54, 1.807) is 11.3 Å². The highest BCUT2D eigenvalue weighted by molar-refractivity contribution is 7.08. The predicted molar refractivity (Wildman–Crippen MR) is 91.7 cm³/mol. The number of hydrogen-bond donors (Lipinski definition) is 1. The zero-order valence-corrected chi connectivity index (χ0v) is 14.0. The molecule has 3 rings (SSSR count). The van der Waals surface area contributed by atoms with Crippen LogP contribution in [0.2, 0.25) is 10.0 Å². The lowest BCUT2D eigenvalue weighted by molar-refractivity contribution is 0.241. The summed E-state index contributed by atoms with van der Waals surface area (Å²) in [5.41, 5.74) is 2.45. The van der Waals surface area contributed by atoms with Crippen LogP contribution in [0.4, 0.5) is 0 Å². The maximum atomic E-state index is 6.48. The normalized spacial score (nSPS) is 18.4. The molecule has 0 spiro atoms. The van der Waals surface area contributed by atoms with Crippen LogP contribution in [-0.2, 0) is 0 Å². The Labute approximate surface area is 139 Å². The minimum Gasteiger partial charge on any atom is -0.315 e. The Morgan fingerprint density at radius 2 is 2.05 bits per heavy atom. The second-order valence-corrected chi connectivity index (χ2v) is 6.89. The number of benzene rings is 1. The van der Waals surface area contributed by atoms with Gasteiger partial charge in [0.2, 0.25) is 0 Å². The summed E-state index contributed by atoms with van der Waals surface area (Å²) >= 11 is 14.3. The van der Waals surface area contributed by atoms with Gasteiger partial charge in [0.05, 0.1) is 6.04 Å². The van der Waals surface area contributed by atoms with Crippen molar-refractivity contribution in [3.8, 4) is 0 Å². The first-order chi connectivity index (χ1) is 10.3. The van der Waals surface area contributed by atoms with Crippen LogP contribution in [0.1, 0.15) is 23.6 Å². The average Bonchev–Trinajstić information content (AvgIpc) is 2.85. The first-order valence-electron chi connectivity index (χ1n) is 7.17. The summed E-state index contributed by atoms with van der Waals surface area (Å²) < 4.78 is 0. The highest BCUT2D eigenvalue weighted by atomic mass is 35.5. The van der Waals surface area contributed by atoms with Gasteiger partial charge in [-0.25, -0.2) is 0 Å². The lowest BCUT2D eigenvalue weighted by Crippen LogP contribution is -2.33. The van der Waals surface area contributed by atoms with Gasteiger partial charge in [0.15, 0.2) is 0 Å². The molecular weight excluding hydrogens is 323 g/mol. The van der Waals surface area contributed by atoms with E-state index >= 15 is 0 Å². The van der Waals surface area contributed by atoms with Gasteiger partial charge in [-0.2, -0.15) is 11.3 Å². The van der Waals surface area contributed by atoms with Gasteiger partial charge in [0.1, 0.15) is 0 Å². The zero-order chi connectivity index (χ0) is 14.7. The third-order valence-electron chi connectivity index (χ3n) is 3.86. The van der Waals surface area contributed by atoms with Gasteiger partial charge in [-0.15, -0.1) is 0 Å². The molecule has 1 fully saturated rings. The van der Waals surface area contributed by atoms with E-state index in [-0.39, 0.29) is 6.04 Å². The topological polar surface area (TPSA) is 15.3 Å². The Morgan fingerprint density at radius 1 is 1.14 bits per heavy atom. The van der Waals surface area contributed by atoms with E-state index in [2.05, 4.69) is 33.1 Å². The average molecular weight is 341 g/mol. The summed E-state index contributed by atoms with van der Waals surface area (Å²) in [5, 5.41) is 9.23. The molecule has 1 aliphatic heterocycles. The fraction of sp³-hybridized carbons (Fsp3) is 0.375. The molecule has 1 atom stereocenters. The zero-order valence-electron chi connectivity index (χ0n) is 11.7. The summed E-state index contributed by atoms with van der Waals surface area (Å²) in [6.07, 6.45) is 1.16. The highest BCUT2D eigenvalue weighted by Crippen LogP contribution is 2.35. The quantitative estimate of drug-likeness (QED) is 0.888. The molecule has 0 radical (unpaired) electrons. The fourth-order valence-electron chi connectivity index (χ4n) is 2.87. The van der Waals surface area contributed by atoms with Crippen molar-refractivity contribution in [2.75, 3.05) is 26.2 Å². The van der Waals surface area contributed by atoms with Gasteiger partial charge in [-0.3, -0.25) is 4.90 Å². The van der Waals surface area contributed by atoms with Gasteiger partial charge in [0, 0.05) is 29.7 Å². The number of nitrogens with zero attached hydrogens (tertiary/aromatic N) is 1. The molecule has 1 aromatic carbocycles. The van der Waals surface area contributed by atoms with Gasteiger partial charge >= 0.3 is 0 Å². The Kier molecular flexibility index (Phi) is 5.19. The maximum Gasteiger partial charge on any atom is 0.0625 e. The molecule has 1 N–H and O–H groups in total. The predicted octanol–water partition coefficient (Wildman–Crippen LogP) is 4.44. The Morgan fingerprint density at radius 3 is 2.81 bits per heavy atom. The van der Waals surface area contributed by atoms with E-state index in [0.29, 0.717) is 5.02 Å². The van der Waals surface area contributed by atoms with Gasteiger partial charge in [0.25, 0.3) is 0 Å². The number of hydrogen-bond acceptors (Lipinski definition) is 3. The van der Waals surface area contributed by atoms with E-state index < -0.39 is 0 Å². The van der Waals surface area contributed by atoms with E-state index in [1.165, 1.54) is 5.56 Å². The Bertz CT molecular complexity index is 578. The maximum absolute atomic E-state index is 6.48. The lowest BCUT2D eigenvalue weighted by atomic mass is 9.99. The van der Waals surface area contributed by atoms with Crippen molar-refractivity contribution in [1.82, 2.24) is 10.2 Å². The molecule has 1 aliphatic rings. The monoisotopic (exact) mass is 340 g/mol. The largest absolute Gasteiger partial charge is 0.315 e. The van der Waals surface area contributed by atoms with Crippen LogP contribution in [0.5, 0.6) is 0 Å². The molecule has 0 saturated carbocycles. The molecule has 1 saturated heterocycles. The van der Waals surface area contributed by atoms with Crippen LogP contribution < -0.4 is 5.32 Å². The summed E-state index contributed by atoms with van der Waals surface area (Å²) in [4.78, 5) is 2.51. The molecule has 5 heteroatoms. The van der Waals surface area contributed by atoms with Crippen molar-refractivity contribution in [2.24, 2.45) is 0 Å². The first kappa shape index (κ1) is 15.3. The molecule has 2 heterocycles. The van der Waals surface area contributed by atoms with Gasteiger partial charge in [-0.1, -0.05) is 29.3 Å². The third-order valence-corrected chi connectivity index (χ3v) is 5.12. The lowest BCUT2D eigenvalue weighted by Gasteiger charge is -2.31. The van der Waals surface area contributed by atoms with Crippen molar-refractivity contribution in [3.05, 3.63) is 56.2 Å². The second-order valence-electron chi connectivity index (χ2n) is 5.26. The van der Waals surface area contributed by atoms with Gasteiger partial charge < -0.3 is 5.32 Å². The van der Waals surface area contributed by atoms with Crippen molar-refractivity contribution < 1.29 is 0 Å². The fourth-order valence-corrected chi connectivity index (χ4v) is 4.06. The van der Waals surface area contributed by atoms with Crippen LogP contribution in [0.25, 0.3) is 0 Å². The molecule has 2 nitrogen and oxygen atoms in total. The summed E-state index contributed by atoms with van der Waals surface area (Å²) in [6.45, 7) is 4.21. The van der Waals surface area contributed by atoms with E-state index in [0.717, 1.165) is 43.2 Å². The molecule has 0 aliphatic carbocycles. The highest BCUT2D eigenvalue weighted by Gasteiger charge is 2.25. The van der Waals surface area contributed by atoms with Crippen molar-refractivity contribution in [3.63, 3.8) is 0 Å². The standard InChI is InChI=1S/C16H18Cl2N2S/c17-13-2-3-14(15(18)10-13)16(12-4-9-21-11-12)20-7-1-5-19-6-8-20/h2-4,9-11,16,19H,1,5-8H2. The first-order valence-corrected chi connectivity index (χ1v) is 8.87. The number of nitrogens with one attached hydrogen (secondary N) is 1. The van der Waals surface area contributed by atoms with Crippen LogP contribution in [-0.4, -0.2) is 31.1 Å². The van der Waals surface area contributed by atoms with Crippen LogP contribution in [0.15, 0.2) is 35.0 Å². The molecular formula is C16H18Cl2N2S. The number of thiophene rings is 1. The van der Waals surface area contributed by atoms with Gasteiger partial charge in [-0.05, 0) is 53.1 Å². The van der Waals surface area contributed by atoms with E-state index in [9.17, 15) is 0 Å².